The highest BCUT2D eigenvalue weighted by molar-refractivity contribution is 9.11. The highest BCUT2D eigenvalue weighted by Crippen LogP contribution is 2.25. The van der Waals surface area contributed by atoms with Crippen molar-refractivity contribution in [1.29, 1.82) is 0 Å². The van der Waals surface area contributed by atoms with Crippen LogP contribution < -0.4 is 10.1 Å². The van der Waals surface area contributed by atoms with E-state index < -0.39 is 0 Å². The number of hydrogen-bond acceptors (Lipinski definition) is 2. The van der Waals surface area contributed by atoms with Crippen LogP contribution in [0.4, 0.5) is 0 Å². The molecule has 1 N–H and O–H groups in total. The standard InChI is InChI=1S/C14H20BrNO/c1-5-16-8-13-6-10(2)14(11(3)7-13)17-9-12(4)15/h6-7,16H,4-5,8-9H2,1-3H3. The van der Waals surface area contributed by atoms with Crippen LogP contribution in [0.5, 0.6) is 5.75 Å². The molecule has 2 nitrogen and oxygen atoms in total. The molecular formula is C14H20BrNO. The zero-order chi connectivity index (χ0) is 12.8. The van der Waals surface area contributed by atoms with E-state index in [0.29, 0.717) is 6.61 Å². The summed E-state index contributed by atoms with van der Waals surface area (Å²) in [6, 6.07) is 4.34. The fourth-order valence-electron chi connectivity index (χ4n) is 1.79. The summed E-state index contributed by atoms with van der Waals surface area (Å²) < 4.78 is 6.58. The lowest BCUT2D eigenvalue weighted by molar-refractivity contribution is 0.355. The minimum atomic E-state index is 0.508. The molecule has 0 spiro atoms. The SMILES string of the molecule is C=C(Br)COc1c(C)cc(CNCC)cc1C. The Balaban J connectivity index is 2.82. The molecule has 3 heteroatoms. The first-order valence-corrected chi connectivity index (χ1v) is 6.60. The molecule has 1 rings (SSSR count). The van der Waals surface area contributed by atoms with E-state index >= 15 is 0 Å². The van der Waals surface area contributed by atoms with Crippen LogP contribution in [0.15, 0.2) is 23.2 Å². The topological polar surface area (TPSA) is 21.3 Å². The summed E-state index contributed by atoms with van der Waals surface area (Å²) in [4.78, 5) is 0. The highest BCUT2D eigenvalue weighted by Gasteiger charge is 2.06. The number of aryl methyl sites for hydroxylation is 2. The van der Waals surface area contributed by atoms with Gasteiger partial charge in [-0.2, -0.15) is 0 Å². The Morgan fingerprint density at radius 3 is 2.41 bits per heavy atom. The van der Waals surface area contributed by atoms with Crippen molar-refractivity contribution in [3.63, 3.8) is 0 Å². The lowest BCUT2D eigenvalue weighted by Gasteiger charge is -2.14. The average molecular weight is 298 g/mol. The van der Waals surface area contributed by atoms with Crippen molar-refractivity contribution in [1.82, 2.24) is 5.32 Å². The molecule has 0 heterocycles. The van der Waals surface area contributed by atoms with Gasteiger partial charge in [0, 0.05) is 11.0 Å². The van der Waals surface area contributed by atoms with E-state index in [1.54, 1.807) is 0 Å². The Hall–Kier alpha value is -0.800. The fourth-order valence-corrected chi connectivity index (χ4v) is 1.90. The Labute approximate surface area is 112 Å². The molecule has 0 unspecified atom stereocenters. The summed E-state index contributed by atoms with van der Waals surface area (Å²) in [5, 5.41) is 3.33. The van der Waals surface area contributed by atoms with E-state index in [1.165, 1.54) is 16.7 Å². The molecule has 0 aliphatic heterocycles. The largest absolute Gasteiger partial charge is 0.488 e. The zero-order valence-corrected chi connectivity index (χ0v) is 12.4. The van der Waals surface area contributed by atoms with Crippen LogP contribution in [-0.4, -0.2) is 13.2 Å². The monoisotopic (exact) mass is 297 g/mol. The summed E-state index contributed by atoms with van der Waals surface area (Å²) in [6.45, 7) is 12.4. The molecule has 17 heavy (non-hydrogen) atoms. The van der Waals surface area contributed by atoms with Crippen molar-refractivity contribution < 1.29 is 4.74 Å². The molecule has 0 saturated heterocycles. The van der Waals surface area contributed by atoms with E-state index in [0.717, 1.165) is 23.3 Å². The third kappa shape index (κ3) is 4.52. The molecule has 0 bridgehead atoms. The molecule has 1 aromatic carbocycles. The van der Waals surface area contributed by atoms with E-state index in [2.05, 4.69) is 60.7 Å². The van der Waals surface area contributed by atoms with Gasteiger partial charge < -0.3 is 10.1 Å². The van der Waals surface area contributed by atoms with Gasteiger partial charge in [-0.3, -0.25) is 0 Å². The second-order valence-corrected chi connectivity index (χ2v) is 5.27. The van der Waals surface area contributed by atoms with Gasteiger partial charge in [0.15, 0.2) is 0 Å². The lowest BCUT2D eigenvalue weighted by atomic mass is 10.1. The molecular weight excluding hydrogens is 278 g/mol. The van der Waals surface area contributed by atoms with Gasteiger partial charge in [0.05, 0.1) is 0 Å². The molecule has 0 aliphatic carbocycles. The number of hydrogen-bond donors (Lipinski definition) is 1. The van der Waals surface area contributed by atoms with E-state index in [9.17, 15) is 0 Å². The Kier molecular flexibility index (Phi) is 5.72. The molecule has 0 atom stereocenters. The fraction of sp³-hybridized carbons (Fsp3) is 0.429. The van der Waals surface area contributed by atoms with Crippen LogP contribution in [0.3, 0.4) is 0 Å². The van der Waals surface area contributed by atoms with Gasteiger partial charge in [-0.25, -0.2) is 0 Å². The minimum absolute atomic E-state index is 0.508. The van der Waals surface area contributed by atoms with Crippen LogP contribution in [0.2, 0.25) is 0 Å². The first kappa shape index (κ1) is 14.3. The Morgan fingerprint density at radius 1 is 1.35 bits per heavy atom. The van der Waals surface area contributed by atoms with E-state index in [-0.39, 0.29) is 0 Å². The third-order valence-corrected chi connectivity index (χ3v) is 2.70. The quantitative estimate of drug-likeness (QED) is 0.864. The van der Waals surface area contributed by atoms with Gasteiger partial charge in [-0.05, 0) is 37.1 Å². The molecule has 0 aliphatic rings. The van der Waals surface area contributed by atoms with Crippen molar-refractivity contribution in [2.75, 3.05) is 13.2 Å². The van der Waals surface area contributed by atoms with Crippen LogP contribution in [0.1, 0.15) is 23.6 Å². The summed E-state index contributed by atoms with van der Waals surface area (Å²) in [5.74, 6) is 0.964. The van der Waals surface area contributed by atoms with Crippen LogP contribution >= 0.6 is 15.9 Å². The van der Waals surface area contributed by atoms with Crippen LogP contribution in [0, 0.1) is 13.8 Å². The lowest BCUT2D eigenvalue weighted by Crippen LogP contribution is -2.12. The second kappa shape index (κ2) is 6.82. The van der Waals surface area contributed by atoms with Crippen molar-refractivity contribution in [2.24, 2.45) is 0 Å². The average Bonchev–Trinajstić information content (AvgIpc) is 2.24. The Morgan fingerprint density at radius 2 is 1.94 bits per heavy atom. The maximum atomic E-state index is 5.72. The first-order valence-electron chi connectivity index (χ1n) is 5.81. The number of nitrogens with one attached hydrogen (secondary N) is 1. The number of ether oxygens (including phenoxy) is 1. The van der Waals surface area contributed by atoms with Gasteiger partial charge in [-0.15, -0.1) is 0 Å². The van der Waals surface area contributed by atoms with Crippen molar-refractivity contribution in [3.05, 3.63) is 39.9 Å². The van der Waals surface area contributed by atoms with Crippen molar-refractivity contribution in [2.45, 2.75) is 27.3 Å². The number of rotatable bonds is 6. The van der Waals surface area contributed by atoms with Gasteiger partial charge in [0.25, 0.3) is 0 Å². The summed E-state index contributed by atoms with van der Waals surface area (Å²) in [6.07, 6.45) is 0. The molecule has 0 fully saturated rings. The van der Waals surface area contributed by atoms with E-state index in [1.807, 2.05) is 0 Å². The number of benzene rings is 1. The first-order chi connectivity index (χ1) is 8.04. The van der Waals surface area contributed by atoms with Gasteiger partial charge in [0.2, 0.25) is 0 Å². The summed E-state index contributed by atoms with van der Waals surface area (Å²) in [5.41, 5.74) is 3.64. The third-order valence-electron chi connectivity index (χ3n) is 2.47. The molecule has 0 saturated carbocycles. The summed E-state index contributed by atoms with van der Waals surface area (Å²) >= 11 is 3.30. The van der Waals surface area contributed by atoms with Crippen molar-refractivity contribution in [3.8, 4) is 5.75 Å². The predicted molar refractivity (Wildman–Crippen MR) is 76.9 cm³/mol. The molecule has 0 radical (unpaired) electrons. The van der Waals surface area contributed by atoms with Crippen molar-refractivity contribution >= 4 is 15.9 Å². The maximum Gasteiger partial charge on any atom is 0.125 e. The Bertz CT molecular complexity index is 378. The second-order valence-electron chi connectivity index (χ2n) is 4.15. The maximum absolute atomic E-state index is 5.72. The smallest absolute Gasteiger partial charge is 0.125 e. The van der Waals surface area contributed by atoms with Gasteiger partial charge in [-0.1, -0.05) is 41.6 Å². The molecule has 0 aromatic heterocycles. The predicted octanol–water partition coefficient (Wildman–Crippen LogP) is 3.70. The van der Waals surface area contributed by atoms with Crippen LogP contribution in [0.25, 0.3) is 0 Å². The number of halogens is 1. The highest BCUT2D eigenvalue weighted by atomic mass is 79.9. The van der Waals surface area contributed by atoms with E-state index in [4.69, 9.17) is 4.74 Å². The molecule has 0 amide bonds. The normalized spacial score (nSPS) is 10.4. The van der Waals surface area contributed by atoms with Gasteiger partial charge in [0.1, 0.15) is 12.4 Å². The molecule has 94 valence electrons. The minimum Gasteiger partial charge on any atom is -0.488 e. The molecule has 1 aromatic rings. The summed E-state index contributed by atoms with van der Waals surface area (Å²) in [7, 11) is 0. The van der Waals surface area contributed by atoms with Crippen LogP contribution in [-0.2, 0) is 6.54 Å². The van der Waals surface area contributed by atoms with Gasteiger partial charge >= 0.3 is 0 Å². The zero-order valence-electron chi connectivity index (χ0n) is 10.8.